The summed E-state index contributed by atoms with van der Waals surface area (Å²) >= 11 is 7.25. The van der Waals surface area contributed by atoms with Gasteiger partial charge in [0, 0.05) is 17.0 Å². The van der Waals surface area contributed by atoms with Gasteiger partial charge in [0.2, 0.25) is 10.0 Å². The third-order valence-electron chi connectivity index (χ3n) is 4.68. The van der Waals surface area contributed by atoms with Crippen molar-refractivity contribution in [2.75, 3.05) is 12.3 Å². The maximum atomic E-state index is 13.3. The normalized spacial score (nSPS) is 20.1. The Balaban J connectivity index is 1.95. The Morgan fingerprint density at radius 3 is 2.39 bits per heavy atom. The predicted molar refractivity (Wildman–Crippen MR) is 109 cm³/mol. The van der Waals surface area contributed by atoms with Crippen molar-refractivity contribution in [1.29, 1.82) is 0 Å². The Morgan fingerprint density at radius 2 is 1.82 bits per heavy atom. The molecule has 0 aliphatic carbocycles. The standard InChI is InChI=1S/C19H19ClFNO4S2/c1-19(2)17(18(23)24)22(9-10-27-19)28(25,26)14-6-3-12(4-7-14)13-5-8-16(21)15(20)11-13/h3-8,11,17H,9-10H2,1-2H3,(H,23,24)/t17-/m0/s1. The number of thioether (sulfide) groups is 1. The number of hydrogen-bond donors (Lipinski definition) is 1. The Hall–Kier alpha value is -1.61. The van der Waals surface area contributed by atoms with Crippen molar-refractivity contribution in [2.24, 2.45) is 0 Å². The summed E-state index contributed by atoms with van der Waals surface area (Å²) in [7, 11) is -3.99. The Kier molecular flexibility index (Phi) is 5.78. The SMILES string of the molecule is CC1(C)SCCN(S(=O)(=O)c2ccc(-c3ccc(F)c(Cl)c3)cc2)[C@H]1C(=O)O. The van der Waals surface area contributed by atoms with Crippen LogP contribution in [0.25, 0.3) is 11.1 Å². The molecule has 0 unspecified atom stereocenters. The maximum Gasteiger partial charge on any atom is 0.323 e. The lowest BCUT2D eigenvalue weighted by atomic mass is 10.0. The molecule has 1 fully saturated rings. The first kappa shape index (κ1) is 21.1. The van der Waals surface area contributed by atoms with Gasteiger partial charge in [-0.2, -0.15) is 16.1 Å². The van der Waals surface area contributed by atoms with Gasteiger partial charge >= 0.3 is 5.97 Å². The van der Waals surface area contributed by atoms with Crippen molar-refractivity contribution in [3.8, 4) is 11.1 Å². The summed E-state index contributed by atoms with van der Waals surface area (Å²) in [6.45, 7) is 3.60. The first-order valence-electron chi connectivity index (χ1n) is 8.48. The van der Waals surface area contributed by atoms with E-state index in [1.807, 2.05) is 0 Å². The zero-order chi connectivity index (χ0) is 20.7. The number of benzene rings is 2. The van der Waals surface area contributed by atoms with Gasteiger partial charge in [0.1, 0.15) is 11.9 Å². The van der Waals surface area contributed by atoms with Gasteiger partial charge in [0.15, 0.2) is 0 Å². The Labute approximate surface area is 172 Å². The fraction of sp³-hybridized carbons (Fsp3) is 0.316. The minimum atomic E-state index is -3.99. The molecule has 1 saturated heterocycles. The van der Waals surface area contributed by atoms with E-state index < -0.39 is 32.6 Å². The molecule has 0 spiro atoms. The molecule has 9 heteroatoms. The number of aliphatic carboxylic acids is 1. The first-order valence-corrected chi connectivity index (χ1v) is 11.3. The van der Waals surface area contributed by atoms with E-state index in [9.17, 15) is 22.7 Å². The third kappa shape index (κ3) is 3.91. The molecule has 1 N–H and O–H groups in total. The van der Waals surface area contributed by atoms with Gasteiger partial charge in [-0.1, -0.05) is 29.8 Å². The second-order valence-electron chi connectivity index (χ2n) is 6.96. The van der Waals surface area contributed by atoms with E-state index >= 15 is 0 Å². The summed E-state index contributed by atoms with van der Waals surface area (Å²) in [4.78, 5) is 11.8. The zero-order valence-electron chi connectivity index (χ0n) is 15.2. The molecule has 1 atom stereocenters. The molecule has 2 aromatic rings. The van der Waals surface area contributed by atoms with Gasteiger partial charge < -0.3 is 5.11 Å². The van der Waals surface area contributed by atoms with Crippen LogP contribution < -0.4 is 0 Å². The summed E-state index contributed by atoms with van der Waals surface area (Å²) < 4.78 is 39.9. The predicted octanol–water partition coefficient (Wildman–Crippen LogP) is 4.12. The third-order valence-corrected chi connectivity index (χ3v) is 8.20. The van der Waals surface area contributed by atoms with E-state index in [1.54, 1.807) is 32.0 Å². The minimum Gasteiger partial charge on any atom is -0.480 e. The van der Waals surface area contributed by atoms with Gasteiger partial charge in [-0.3, -0.25) is 4.79 Å². The van der Waals surface area contributed by atoms with E-state index in [-0.39, 0.29) is 16.5 Å². The zero-order valence-corrected chi connectivity index (χ0v) is 17.6. The second-order valence-corrected chi connectivity index (χ2v) is 11.0. The number of carboxylic acids is 1. The van der Waals surface area contributed by atoms with Crippen LogP contribution in [0.5, 0.6) is 0 Å². The van der Waals surface area contributed by atoms with E-state index in [4.69, 9.17) is 11.6 Å². The summed E-state index contributed by atoms with van der Waals surface area (Å²) in [6.07, 6.45) is 0. The molecule has 0 amide bonds. The monoisotopic (exact) mass is 443 g/mol. The number of carboxylic acid groups (broad SMARTS) is 1. The molecule has 1 aliphatic heterocycles. The summed E-state index contributed by atoms with van der Waals surface area (Å²) in [5.74, 6) is -1.18. The van der Waals surface area contributed by atoms with E-state index in [2.05, 4.69) is 0 Å². The topological polar surface area (TPSA) is 74.7 Å². The largest absolute Gasteiger partial charge is 0.480 e. The van der Waals surface area contributed by atoms with Crippen LogP contribution in [0.3, 0.4) is 0 Å². The molecule has 0 saturated carbocycles. The van der Waals surface area contributed by atoms with Crippen molar-refractivity contribution >= 4 is 39.4 Å². The highest BCUT2D eigenvalue weighted by atomic mass is 35.5. The van der Waals surface area contributed by atoms with Gasteiger partial charge in [0.05, 0.1) is 9.92 Å². The summed E-state index contributed by atoms with van der Waals surface area (Å²) in [6, 6.07) is 9.14. The van der Waals surface area contributed by atoms with Gasteiger partial charge in [-0.05, 0) is 49.2 Å². The fourth-order valence-electron chi connectivity index (χ4n) is 3.26. The second kappa shape index (κ2) is 7.67. The van der Waals surface area contributed by atoms with Crippen LogP contribution in [-0.2, 0) is 14.8 Å². The molecular formula is C19H19ClFNO4S2. The molecule has 1 aliphatic rings. The molecule has 2 aromatic carbocycles. The quantitative estimate of drug-likeness (QED) is 0.769. The lowest BCUT2D eigenvalue weighted by Crippen LogP contribution is -2.58. The molecule has 0 bridgehead atoms. The van der Waals surface area contributed by atoms with Crippen molar-refractivity contribution < 1.29 is 22.7 Å². The van der Waals surface area contributed by atoms with Crippen molar-refractivity contribution in [2.45, 2.75) is 29.5 Å². The van der Waals surface area contributed by atoms with Crippen LogP contribution in [0.4, 0.5) is 4.39 Å². The van der Waals surface area contributed by atoms with Crippen LogP contribution in [0.1, 0.15) is 13.8 Å². The number of hydrogen-bond acceptors (Lipinski definition) is 4. The number of rotatable bonds is 4. The van der Waals surface area contributed by atoms with Crippen molar-refractivity contribution in [3.05, 3.63) is 53.3 Å². The molecule has 0 radical (unpaired) electrons. The number of nitrogens with zero attached hydrogens (tertiary/aromatic N) is 1. The minimum absolute atomic E-state index is 0.0124. The molecule has 1 heterocycles. The van der Waals surface area contributed by atoms with Crippen molar-refractivity contribution in [1.82, 2.24) is 4.31 Å². The highest BCUT2D eigenvalue weighted by Crippen LogP contribution is 2.38. The highest BCUT2D eigenvalue weighted by Gasteiger charge is 2.48. The molecule has 5 nitrogen and oxygen atoms in total. The lowest BCUT2D eigenvalue weighted by Gasteiger charge is -2.42. The van der Waals surface area contributed by atoms with Gasteiger partial charge in [0.25, 0.3) is 0 Å². The summed E-state index contributed by atoms with van der Waals surface area (Å²) in [5.41, 5.74) is 1.32. The van der Waals surface area contributed by atoms with Crippen LogP contribution in [0.15, 0.2) is 47.4 Å². The highest BCUT2D eigenvalue weighted by molar-refractivity contribution is 8.00. The van der Waals surface area contributed by atoms with Gasteiger partial charge in [-0.25, -0.2) is 12.8 Å². The van der Waals surface area contributed by atoms with Gasteiger partial charge in [-0.15, -0.1) is 0 Å². The number of sulfonamides is 1. The average molecular weight is 444 g/mol. The van der Waals surface area contributed by atoms with Crippen LogP contribution in [-0.4, -0.2) is 46.9 Å². The van der Waals surface area contributed by atoms with E-state index in [0.29, 0.717) is 16.9 Å². The van der Waals surface area contributed by atoms with Crippen molar-refractivity contribution in [3.63, 3.8) is 0 Å². The molecule has 150 valence electrons. The van der Waals surface area contributed by atoms with E-state index in [0.717, 1.165) is 4.31 Å². The molecule has 28 heavy (non-hydrogen) atoms. The molecule has 0 aromatic heterocycles. The number of carbonyl (C=O) groups is 1. The Morgan fingerprint density at radius 1 is 1.21 bits per heavy atom. The molecular weight excluding hydrogens is 425 g/mol. The fourth-order valence-corrected chi connectivity index (χ4v) is 6.54. The lowest BCUT2D eigenvalue weighted by molar-refractivity contribution is -0.142. The van der Waals surface area contributed by atoms with Crippen LogP contribution in [0, 0.1) is 5.82 Å². The average Bonchev–Trinajstić information content (AvgIpc) is 2.62. The summed E-state index contributed by atoms with van der Waals surface area (Å²) in [5, 5.41) is 9.61. The Bertz CT molecular complexity index is 1010. The first-order chi connectivity index (χ1) is 13.0. The number of halogens is 2. The molecule has 3 rings (SSSR count). The smallest absolute Gasteiger partial charge is 0.323 e. The van der Waals surface area contributed by atoms with Crippen LogP contribution in [0.2, 0.25) is 5.02 Å². The van der Waals surface area contributed by atoms with Crippen LogP contribution >= 0.6 is 23.4 Å². The van der Waals surface area contributed by atoms with E-state index in [1.165, 1.54) is 36.0 Å². The maximum absolute atomic E-state index is 13.3.